The van der Waals surface area contributed by atoms with Crippen LogP contribution in [0.2, 0.25) is 0 Å². The first kappa shape index (κ1) is 18.2. The number of nitrogens with one attached hydrogen (secondary N) is 2. The van der Waals surface area contributed by atoms with E-state index in [1.165, 1.54) is 4.31 Å². The molecule has 2 saturated heterocycles. The summed E-state index contributed by atoms with van der Waals surface area (Å²) in [6.45, 7) is 2.42. The number of carbonyl (C=O) groups is 1. The third kappa shape index (κ3) is 3.80. The van der Waals surface area contributed by atoms with Gasteiger partial charge in [0.05, 0.1) is 23.5 Å². The number of carbonyl (C=O) groups excluding carboxylic acids is 1. The summed E-state index contributed by atoms with van der Waals surface area (Å²) in [6.07, 6.45) is 2.06. The molecule has 0 unspecified atom stereocenters. The van der Waals surface area contributed by atoms with Crippen LogP contribution in [-0.4, -0.2) is 53.4 Å². The van der Waals surface area contributed by atoms with Crippen molar-refractivity contribution in [1.82, 2.24) is 5.32 Å². The van der Waals surface area contributed by atoms with Crippen LogP contribution in [0, 0.1) is 5.41 Å². The molecule has 2 aliphatic heterocycles. The van der Waals surface area contributed by atoms with Crippen molar-refractivity contribution in [2.45, 2.75) is 19.3 Å². The van der Waals surface area contributed by atoms with Gasteiger partial charge in [0.1, 0.15) is 0 Å². The van der Waals surface area contributed by atoms with Crippen LogP contribution in [-0.2, 0) is 19.6 Å². The molecule has 1 aromatic carbocycles. The van der Waals surface area contributed by atoms with Gasteiger partial charge in [-0.3, -0.25) is 9.10 Å². The fourth-order valence-corrected chi connectivity index (χ4v) is 5.11. The standard InChI is InChI=1S/C17H25N3O4S/c1-24-13-17(6-8-18-9-7-17)16(21)19-14-4-2-5-15(12-14)20-10-3-11-25(20,22)23/h2,4-5,12,18H,3,6-11,13H2,1H3,(H,19,21). The first-order valence-electron chi connectivity index (χ1n) is 8.58. The van der Waals surface area contributed by atoms with Crippen LogP contribution in [0.15, 0.2) is 24.3 Å². The van der Waals surface area contributed by atoms with Gasteiger partial charge in [-0.15, -0.1) is 0 Å². The van der Waals surface area contributed by atoms with Gasteiger partial charge in [-0.25, -0.2) is 8.42 Å². The Bertz CT molecular complexity index is 724. The molecule has 7 nitrogen and oxygen atoms in total. The zero-order valence-corrected chi connectivity index (χ0v) is 15.3. The van der Waals surface area contributed by atoms with Gasteiger partial charge in [-0.2, -0.15) is 0 Å². The summed E-state index contributed by atoms with van der Waals surface area (Å²) in [5.74, 6) is 0.102. The average molecular weight is 367 g/mol. The van der Waals surface area contributed by atoms with E-state index in [2.05, 4.69) is 10.6 Å². The van der Waals surface area contributed by atoms with Gasteiger partial charge >= 0.3 is 0 Å². The molecule has 25 heavy (non-hydrogen) atoms. The second kappa shape index (κ2) is 7.31. The van der Waals surface area contributed by atoms with Gasteiger partial charge in [-0.1, -0.05) is 6.07 Å². The fourth-order valence-electron chi connectivity index (χ4n) is 3.55. The SMILES string of the molecule is COCC1(C(=O)Nc2cccc(N3CCCS3(=O)=O)c2)CCNCC1. The number of rotatable bonds is 5. The molecule has 0 saturated carbocycles. The molecule has 1 amide bonds. The van der Waals surface area contributed by atoms with Gasteiger partial charge in [-0.05, 0) is 50.6 Å². The number of ether oxygens (including phenoxy) is 1. The second-order valence-corrected chi connectivity index (χ2v) is 8.72. The van der Waals surface area contributed by atoms with E-state index in [-0.39, 0.29) is 11.7 Å². The van der Waals surface area contributed by atoms with E-state index in [1.54, 1.807) is 31.4 Å². The number of methoxy groups -OCH3 is 1. The van der Waals surface area contributed by atoms with Crippen molar-refractivity contribution in [3.05, 3.63) is 24.3 Å². The van der Waals surface area contributed by atoms with E-state index in [9.17, 15) is 13.2 Å². The lowest BCUT2D eigenvalue weighted by molar-refractivity contribution is -0.130. The Kier molecular flexibility index (Phi) is 5.31. The fraction of sp³-hybridized carbons (Fsp3) is 0.588. The Hall–Kier alpha value is -1.64. The highest BCUT2D eigenvalue weighted by molar-refractivity contribution is 7.93. The van der Waals surface area contributed by atoms with Gasteiger partial charge in [0.15, 0.2) is 0 Å². The highest BCUT2D eigenvalue weighted by Gasteiger charge is 2.39. The predicted molar refractivity (Wildman–Crippen MR) is 97.2 cm³/mol. The van der Waals surface area contributed by atoms with Gasteiger partial charge in [0.25, 0.3) is 0 Å². The van der Waals surface area contributed by atoms with Gasteiger partial charge in [0, 0.05) is 19.3 Å². The lowest BCUT2D eigenvalue weighted by Crippen LogP contribution is -2.47. The second-order valence-electron chi connectivity index (χ2n) is 6.71. The first-order chi connectivity index (χ1) is 12.0. The van der Waals surface area contributed by atoms with Crippen LogP contribution >= 0.6 is 0 Å². The Morgan fingerprint density at radius 3 is 2.76 bits per heavy atom. The maximum absolute atomic E-state index is 12.9. The first-order valence-corrected chi connectivity index (χ1v) is 10.2. The zero-order valence-electron chi connectivity index (χ0n) is 14.5. The molecule has 0 aromatic heterocycles. The molecule has 2 N–H and O–H groups in total. The molecule has 2 heterocycles. The molecule has 0 bridgehead atoms. The molecule has 0 aliphatic carbocycles. The molecule has 8 heteroatoms. The van der Waals surface area contributed by atoms with Crippen LogP contribution in [0.1, 0.15) is 19.3 Å². The molecule has 0 spiro atoms. The zero-order chi connectivity index (χ0) is 17.9. The normalized spacial score (nSPS) is 21.9. The maximum atomic E-state index is 12.9. The largest absolute Gasteiger partial charge is 0.384 e. The Morgan fingerprint density at radius 2 is 2.12 bits per heavy atom. The lowest BCUT2D eigenvalue weighted by atomic mass is 9.78. The summed E-state index contributed by atoms with van der Waals surface area (Å²) in [6, 6.07) is 7.03. The average Bonchev–Trinajstić information content (AvgIpc) is 2.95. The van der Waals surface area contributed by atoms with Crippen LogP contribution < -0.4 is 14.9 Å². The lowest BCUT2D eigenvalue weighted by Gasteiger charge is -2.35. The highest BCUT2D eigenvalue weighted by atomic mass is 32.2. The van der Waals surface area contributed by atoms with Crippen molar-refractivity contribution in [1.29, 1.82) is 0 Å². The number of benzene rings is 1. The Labute approximate surface area is 148 Å². The van der Waals surface area contributed by atoms with Crippen molar-refractivity contribution in [2.24, 2.45) is 5.41 Å². The summed E-state index contributed by atoms with van der Waals surface area (Å²) < 4.78 is 30.9. The topological polar surface area (TPSA) is 87.7 Å². The minimum Gasteiger partial charge on any atom is -0.384 e. The number of sulfonamides is 1. The molecule has 2 fully saturated rings. The third-order valence-electron chi connectivity index (χ3n) is 4.95. The minimum absolute atomic E-state index is 0.0720. The smallest absolute Gasteiger partial charge is 0.235 e. The summed E-state index contributed by atoms with van der Waals surface area (Å²) in [4.78, 5) is 12.9. The van der Waals surface area contributed by atoms with E-state index in [0.29, 0.717) is 43.8 Å². The van der Waals surface area contributed by atoms with Crippen molar-refractivity contribution in [3.63, 3.8) is 0 Å². The van der Waals surface area contributed by atoms with E-state index >= 15 is 0 Å². The molecular weight excluding hydrogens is 342 g/mol. The van der Waals surface area contributed by atoms with Crippen molar-refractivity contribution >= 4 is 27.3 Å². The van der Waals surface area contributed by atoms with Gasteiger partial charge < -0.3 is 15.4 Å². The molecule has 3 rings (SSSR count). The highest BCUT2D eigenvalue weighted by Crippen LogP contribution is 2.32. The molecule has 138 valence electrons. The molecule has 0 radical (unpaired) electrons. The van der Waals surface area contributed by atoms with E-state index < -0.39 is 15.4 Å². The van der Waals surface area contributed by atoms with E-state index in [1.807, 2.05) is 0 Å². The molecule has 1 aromatic rings. The van der Waals surface area contributed by atoms with Crippen LogP contribution in [0.4, 0.5) is 11.4 Å². The third-order valence-corrected chi connectivity index (χ3v) is 6.82. The summed E-state index contributed by atoms with van der Waals surface area (Å²) >= 11 is 0. The van der Waals surface area contributed by atoms with Crippen molar-refractivity contribution < 1.29 is 17.9 Å². The van der Waals surface area contributed by atoms with Crippen molar-refractivity contribution in [3.8, 4) is 0 Å². The molecule has 0 atom stereocenters. The van der Waals surface area contributed by atoms with E-state index in [0.717, 1.165) is 13.1 Å². The number of anilines is 2. The van der Waals surface area contributed by atoms with Crippen LogP contribution in [0.3, 0.4) is 0 Å². The summed E-state index contributed by atoms with van der Waals surface area (Å²) in [7, 11) is -1.63. The van der Waals surface area contributed by atoms with Gasteiger partial charge in [0.2, 0.25) is 15.9 Å². The van der Waals surface area contributed by atoms with Crippen LogP contribution in [0.5, 0.6) is 0 Å². The minimum atomic E-state index is -3.23. The number of piperidine rings is 1. The summed E-state index contributed by atoms with van der Waals surface area (Å²) in [5.41, 5.74) is 0.662. The quantitative estimate of drug-likeness (QED) is 0.816. The number of hydrogen-bond acceptors (Lipinski definition) is 5. The predicted octanol–water partition coefficient (Wildman–Crippen LogP) is 1.18. The number of hydrogen-bond donors (Lipinski definition) is 2. The Morgan fingerprint density at radius 1 is 1.36 bits per heavy atom. The molecular formula is C17H25N3O4S. The maximum Gasteiger partial charge on any atom is 0.235 e. The number of nitrogens with zero attached hydrogens (tertiary/aromatic N) is 1. The van der Waals surface area contributed by atoms with Crippen LogP contribution in [0.25, 0.3) is 0 Å². The van der Waals surface area contributed by atoms with Crippen molar-refractivity contribution in [2.75, 3.05) is 48.7 Å². The Balaban J connectivity index is 1.78. The summed E-state index contributed by atoms with van der Waals surface area (Å²) in [5, 5.41) is 6.22. The monoisotopic (exact) mass is 367 g/mol. The number of amides is 1. The van der Waals surface area contributed by atoms with E-state index in [4.69, 9.17) is 4.74 Å². The molecule has 2 aliphatic rings.